The van der Waals surface area contributed by atoms with E-state index in [9.17, 15) is 4.79 Å². The van der Waals surface area contributed by atoms with Crippen LogP contribution >= 0.6 is 0 Å². The molecule has 14 heavy (non-hydrogen) atoms. The smallest absolute Gasteiger partial charge is 0.351 e. The van der Waals surface area contributed by atoms with Crippen molar-refractivity contribution < 1.29 is 9.47 Å². The maximum absolute atomic E-state index is 11.4. The number of rotatable bonds is 1. The van der Waals surface area contributed by atoms with Gasteiger partial charge in [-0.05, 0) is 13.0 Å². The highest BCUT2D eigenvalue weighted by atomic mass is 16.7. The van der Waals surface area contributed by atoms with Crippen molar-refractivity contribution in [1.29, 1.82) is 0 Å². The molecule has 1 saturated heterocycles. The Morgan fingerprint density at radius 1 is 1.71 bits per heavy atom. The van der Waals surface area contributed by atoms with E-state index < -0.39 is 11.9 Å². The lowest BCUT2D eigenvalue weighted by Crippen LogP contribution is -2.28. The van der Waals surface area contributed by atoms with Crippen molar-refractivity contribution in [2.45, 2.75) is 19.4 Å². The molecule has 1 aliphatic heterocycles. The molecule has 0 aromatic carbocycles. The molecule has 1 aliphatic rings. The Kier molecular flexibility index (Phi) is 2.22. The molecule has 2 heterocycles. The van der Waals surface area contributed by atoms with Crippen molar-refractivity contribution >= 4 is 5.82 Å². The minimum absolute atomic E-state index is 0.207. The van der Waals surface area contributed by atoms with Crippen molar-refractivity contribution in [2.75, 3.05) is 12.3 Å². The topological polar surface area (TPSA) is 79.4 Å². The van der Waals surface area contributed by atoms with Crippen molar-refractivity contribution in [3.8, 4) is 0 Å². The number of anilines is 1. The second-order valence-corrected chi connectivity index (χ2v) is 3.03. The van der Waals surface area contributed by atoms with Gasteiger partial charge in [0.05, 0.1) is 6.61 Å². The highest BCUT2D eigenvalue weighted by Gasteiger charge is 2.24. The number of nitrogens with two attached hydrogens (primary N) is 1. The summed E-state index contributed by atoms with van der Waals surface area (Å²) in [6, 6.07) is 1.55. The number of aromatic nitrogens is 2. The van der Waals surface area contributed by atoms with Crippen LogP contribution in [0.3, 0.4) is 0 Å². The van der Waals surface area contributed by atoms with E-state index in [-0.39, 0.29) is 12.1 Å². The van der Waals surface area contributed by atoms with Crippen LogP contribution in [-0.4, -0.2) is 22.4 Å². The van der Waals surface area contributed by atoms with E-state index in [1.54, 1.807) is 19.2 Å². The second-order valence-electron chi connectivity index (χ2n) is 3.03. The molecule has 1 aromatic rings. The van der Waals surface area contributed by atoms with Crippen LogP contribution in [-0.2, 0) is 9.47 Å². The van der Waals surface area contributed by atoms with E-state index in [0.29, 0.717) is 6.61 Å². The Labute approximate surface area is 80.3 Å². The summed E-state index contributed by atoms with van der Waals surface area (Å²) < 4.78 is 11.9. The van der Waals surface area contributed by atoms with Gasteiger partial charge in [-0.25, -0.2) is 4.79 Å². The van der Waals surface area contributed by atoms with E-state index in [2.05, 4.69) is 4.98 Å². The maximum atomic E-state index is 11.4. The highest BCUT2D eigenvalue weighted by Crippen LogP contribution is 2.18. The van der Waals surface area contributed by atoms with Gasteiger partial charge in [0.15, 0.2) is 12.5 Å². The first kappa shape index (κ1) is 9.17. The van der Waals surface area contributed by atoms with Crippen molar-refractivity contribution in [3.05, 3.63) is 22.7 Å². The van der Waals surface area contributed by atoms with Gasteiger partial charge < -0.3 is 15.2 Å². The van der Waals surface area contributed by atoms with Crippen molar-refractivity contribution in [1.82, 2.24) is 9.55 Å². The van der Waals surface area contributed by atoms with Gasteiger partial charge in [0.2, 0.25) is 0 Å². The molecule has 1 fully saturated rings. The molecule has 1 aromatic heterocycles. The van der Waals surface area contributed by atoms with Gasteiger partial charge >= 0.3 is 5.69 Å². The molecule has 2 rings (SSSR count). The quantitative estimate of drug-likeness (QED) is 0.669. The normalized spacial score (nSPS) is 26.6. The lowest BCUT2D eigenvalue weighted by atomic mass is 10.5. The fraction of sp³-hybridized carbons (Fsp3) is 0.500. The largest absolute Gasteiger partial charge is 0.383 e. The molecule has 0 spiro atoms. The summed E-state index contributed by atoms with van der Waals surface area (Å²) in [5.74, 6) is 0.207. The highest BCUT2D eigenvalue weighted by molar-refractivity contribution is 5.23. The zero-order valence-corrected chi connectivity index (χ0v) is 7.71. The number of ether oxygens (including phenoxy) is 2. The molecule has 0 aliphatic carbocycles. The van der Waals surface area contributed by atoms with E-state index in [1.165, 1.54) is 4.57 Å². The molecular weight excluding hydrogens is 186 g/mol. The summed E-state index contributed by atoms with van der Waals surface area (Å²) in [6.45, 7) is 2.13. The molecule has 0 saturated carbocycles. The molecule has 6 heteroatoms. The van der Waals surface area contributed by atoms with Crippen molar-refractivity contribution in [3.63, 3.8) is 0 Å². The van der Waals surface area contributed by atoms with Crippen LogP contribution in [0.2, 0.25) is 0 Å². The van der Waals surface area contributed by atoms with Crippen LogP contribution in [0.5, 0.6) is 0 Å². The van der Waals surface area contributed by atoms with Gasteiger partial charge in [-0.2, -0.15) is 4.98 Å². The van der Waals surface area contributed by atoms with E-state index in [4.69, 9.17) is 15.2 Å². The van der Waals surface area contributed by atoms with Crippen LogP contribution in [0.1, 0.15) is 13.2 Å². The minimum Gasteiger partial charge on any atom is -0.383 e. The predicted octanol–water partition coefficient (Wildman–Crippen LogP) is -0.283. The fourth-order valence-corrected chi connectivity index (χ4v) is 1.31. The van der Waals surface area contributed by atoms with Gasteiger partial charge in [0, 0.05) is 6.20 Å². The molecule has 2 N–H and O–H groups in total. The molecular formula is C8H11N3O3. The maximum Gasteiger partial charge on any atom is 0.351 e. The van der Waals surface area contributed by atoms with E-state index in [0.717, 1.165) is 0 Å². The standard InChI is InChI=1S/C8H11N3O3/c1-5-13-4-7(14-5)11-3-2-6(9)10-8(11)12/h2-3,5,7H,4H2,1H3,(H2,9,10,12). The summed E-state index contributed by atoms with van der Waals surface area (Å²) in [7, 11) is 0. The van der Waals surface area contributed by atoms with Crippen LogP contribution in [0.15, 0.2) is 17.1 Å². The van der Waals surface area contributed by atoms with Crippen LogP contribution in [0, 0.1) is 0 Å². The molecule has 2 atom stereocenters. The van der Waals surface area contributed by atoms with Gasteiger partial charge in [0.1, 0.15) is 5.82 Å². The van der Waals surface area contributed by atoms with Gasteiger partial charge in [-0.15, -0.1) is 0 Å². The number of nitrogen functional groups attached to an aromatic ring is 1. The monoisotopic (exact) mass is 197 g/mol. The number of hydrogen-bond acceptors (Lipinski definition) is 5. The lowest BCUT2D eigenvalue weighted by molar-refractivity contribution is -0.0579. The zero-order valence-electron chi connectivity index (χ0n) is 7.71. The third-order valence-corrected chi connectivity index (χ3v) is 1.98. The SMILES string of the molecule is CC1OCC(n2ccc(N)nc2=O)O1. The van der Waals surface area contributed by atoms with Gasteiger partial charge in [-0.3, -0.25) is 4.57 Å². The first-order valence-electron chi connectivity index (χ1n) is 4.28. The average molecular weight is 197 g/mol. The molecule has 2 unspecified atom stereocenters. The third kappa shape index (κ3) is 1.61. The Bertz CT molecular complexity index is 390. The average Bonchev–Trinajstić information content (AvgIpc) is 2.51. The van der Waals surface area contributed by atoms with Crippen LogP contribution in [0.25, 0.3) is 0 Å². The molecule has 0 bridgehead atoms. The Morgan fingerprint density at radius 3 is 3.07 bits per heavy atom. The molecule has 76 valence electrons. The minimum atomic E-state index is -0.423. The first-order chi connectivity index (χ1) is 6.66. The fourth-order valence-electron chi connectivity index (χ4n) is 1.31. The number of nitrogens with zero attached hydrogens (tertiary/aromatic N) is 2. The second kappa shape index (κ2) is 3.39. The van der Waals surface area contributed by atoms with Crippen molar-refractivity contribution in [2.24, 2.45) is 0 Å². The summed E-state index contributed by atoms with van der Waals surface area (Å²) in [6.07, 6.45) is 0.867. The summed E-state index contributed by atoms with van der Waals surface area (Å²) in [5.41, 5.74) is 4.93. The lowest BCUT2D eigenvalue weighted by Gasteiger charge is -2.10. The van der Waals surface area contributed by atoms with Gasteiger partial charge in [-0.1, -0.05) is 0 Å². The zero-order chi connectivity index (χ0) is 10.1. The third-order valence-electron chi connectivity index (χ3n) is 1.98. The van der Waals surface area contributed by atoms with Crippen LogP contribution in [0.4, 0.5) is 5.82 Å². The van der Waals surface area contributed by atoms with E-state index in [1.807, 2.05) is 0 Å². The summed E-state index contributed by atoms with van der Waals surface area (Å²) in [5, 5.41) is 0. The Balaban J connectivity index is 2.29. The number of hydrogen-bond donors (Lipinski definition) is 1. The Hall–Kier alpha value is -1.40. The molecule has 0 amide bonds. The van der Waals surface area contributed by atoms with Crippen LogP contribution < -0.4 is 11.4 Å². The van der Waals surface area contributed by atoms with Gasteiger partial charge in [0.25, 0.3) is 0 Å². The molecule has 0 radical (unpaired) electrons. The van der Waals surface area contributed by atoms with E-state index >= 15 is 0 Å². The summed E-state index contributed by atoms with van der Waals surface area (Å²) >= 11 is 0. The summed E-state index contributed by atoms with van der Waals surface area (Å²) in [4.78, 5) is 15.0. The first-order valence-corrected chi connectivity index (χ1v) is 4.28. The predicted molar refractivity (Wildman–Crippen MR) is 48.4 cm³/mol. The molecule has 6 nitrogen and oxygen atoms in total. The Morgan fingerprint density at radius 2 is 2.50 bits per heavy atom.